The Labute approximate surface area is 59.1 Å². The van der Waals surface area contributed by atoms with Crippen molar-refractivity contribution in [1.82, 2.24) is 0 Å². The molecule has 0 spiro atoms. The molecule has 0 amide bonds. The van der Waals surface area contributed by atoms with E-state index in [2.05, 4.69) is 5.11 Å². The molecule has 0 unspecified atom stereocenters. The van der Waals surface area contributed by atoms with Crippen molar-refractivity contribution < 1.29 is 4.74 Å². The molecule has 0 atom stereocenters. The minimum Gasteiger partial charge on any atom is -0.497 e. The normalized spacial score (nSPS) is 8.90. The van der Waals surface area contributed by atoms with Gasteiger partial charge in [-0.2, -0.15) is 5.11 Å². The summed E-state index contributed by atoms with van der Waals surface area (Å²) < 4.78 is 4.91. The molecule has 1 aromatic rings. The van der Waals surface area contributed by atoms with Crippen LogP contribution >= 0.6 is 0 Å². The fourth-order valence-corrected chi connectivity index (χ4v) is 0.680. The van der Waals surface area contributed by atoms with Gasteiger partial charge in [-0.25, -0.2) is 5.53 Å². The lowest BCUT2D eigenvalue weighted by atomic mass is 10.3. The monoisotopic (exact) mass is 136 g/mol. The van der Waals surface area contributed by atoms with Crippen molar-refractivity contribution in [3.8, 4) is 5.75 Å². The van der Waals surface area contributed by atoms with E-state index < -0.39 is 0 Å². The van der Waals surface area contributed by atoms with E-state index in [-0.39, 0.29) is 0 Å². The van der Waals surface area contributed by atoms with E-state index >= 15 is 0 Å². The Morgan fingerprint density at radius 1 is 1.50 bits per heavy atom. The first-order chi connectivity index (χ1) is 4.86. The number of hydrogen-bond acceptors (Lipinski definition) is 3. The van der Waals surface area contributed by atoms with Gasteiger partial charge in [0.05, 0.1) is 12.8 Å². The zero-order chi connectivity index (χ0) is 7.40. The predicted molar refractivity (Wildman–Crippen MR) is 37.8 cm³/mol. The van der Waals surface area contributed by atoms with Crippen LogP contribution in [0.3, 0.4) is 0 Å². The molecule has 0 radical (unpaired) electrons. The largest absolute Gasteiger partial charge is 0.497 e. The number of nitrogens with zero attached hydrogens (tertiary/aromatic N) is 1. The molecule has 0 saturated carbocycles. The maximum atomic E-state index is 6.68. The van der Waals surface area contributed by atoms with E-state index in [9.17, 15) is 0 Å². The van der Waals surface area contributed by atoms with E-state index in [0.29, 0.717) is 5.69 Å². The molecule has 1 aromatic carbocycles. The maximum Gasteiger partial charge on any atom is 0.121 e. The average Bonchev–Trinajstić information content (AvgIpc) is 2.05. The van der Waals surface area contributed by atoms with E-state index in [1.807, 2.05) is 6.07 Å². The number of nitrogens with one attached hydrogen (secondary N) is 1. The van der Waals surface area contributed by atoms with Crippen molar-refractivity contribution in [3.63, 3.8) is 0 Å². The first-order valence-electron chi connectivity index (χ1n) is 2.88. The third-order valence-corrected chi connectivity index (χ3v) is 1.18. The van der Waals surface area contributed by atoms with Gasteiger partial charge in [-0.15, -0.1) is 0 Å². The highest BCUT2D eigenvalue weighted by Crippen LogP contribution is 2.18. The van der Waals surface area contributed by atoms with Crippen molar-refractivity contribution in [2.75, 3.05) is 7.11 Å². The van der Waals surface area contributed by atoms with Crippen LogP contribution in [-0.2, 0) is 0 Å². The highest BCUT2D eigenvalue weighted by molar-refractivity contribution is 5.42. The van der Waals surface area contributed by atoms with Gasteiger partial charge in [-0.1, -0.05) is 6.07 Å². The minimum absolute atomic E-state index is 0.611. The molecule has 0 aliphatic rings. The molecule has 0 fully saturated rings. The Kier molecular flexibility index (Phi) is 1.99. The van der Waals surface area contributed by atoms with Crippen LogP contribution in [0.25, 0.3) is 0 Å². The Bertz CT molecular complexity index is 235. The molecule has 0 saturated heterocycles. The second kappa shape index (κ2) is 2.96. The molecular formula is C7H8N2O. The summed E-state index contributed by atoms with van der Waals surface area (Å²) >= 11 is 0. The van der Waals surface area contributed by atoms with Gasteiger partial charge in [0.15, 0.2) is 0 Å². The number of rotatable bonds is 2. The van der Waals surface area contributed by atoms with Crippen molar-refractivity contribution in [2.45, 2.75) is 0 Å². The Morgan fingerprint density at radius 2 is 2.30 bits per heavy atom. The van der Waals surface area contributed by atoms with Crippen molar-refractivity contribution >= 4 is 5.69 Å². The molecule has 52 valence electrons. The fourth-order valence-electron chi connectivity index (χ4n) is 0.680. The van der Waals surface area contributed by atoms with Crippen molar-refractivity contribution in [3.05, 3.63) is 24.3 Å². The lowest BCUT2D eigenvalue weighted by molar-refractivity contribution is 0.415. The lowest BCUT2D eigenvalue weighted by Crippen LogP contribution is -1.79. The number of benzene rings is 1. The Morgan fingerprint density at radius 3 is 2.90 bits per heavy atom. The van der Waals surface area contributed by atoms with Crippen LogP contribution in [-0.4, -0.2) is 7.11 Å². The minimum atomic E-state index is 0.611. The highest BCUT2D eigenvalue weighted by Gasteiger charge is 1.90. The molecule has 0 aliphatic heterocycles. The molecule has 0 bridgehead atoms. The summed E-state index contributed by atoms with van der Waals surface area (Å²) in [6.45, 7) is 0. The molecule has 0 aromatic heterocycles. The molecule has 10 heavy (non-hydrogen) atoms. The predicted octanol–water partition coefficient (Wildman–Crippen LogP) is 2.36. The number of ether oxygens (including phenoxy) is 1. The van der Waals surface area contributed by atoms with Crippen molar-refractivity contribution in [1.29, 1.82) is 5.53 Å². The second-order valence-electron chi connectivity index (χ2n) is 1.81. The number of hydrogen-bond donors (Lipinski definition) is 1. The van der Waals surface area contributed by atoms with Gasteiger partial charge in [0.2, 0.25) is 0 Å². The van der Waals surface area contributed by atoms with E-state index in [1.54, 1.807) is 25.3 Å². The van der Waals surface area contributed by atoms with Crippen molar-refractivity contribution in [2.24, 2.45) is 5.11 Å². The molecule has 0 aliphatic carbocycles. The van der Waals surface area contributed by atoms with Crippen LogP contribution in [0, 0.1) is 5.53 Å². The van der Waals surface area contributed by atoms with Crippen LogP contribution in [0.4, 0.5) is 5.69 Å². The van der Waals surface area contributed by atoms with Gasteiger partial charge in [-0.05, 0) is 12.1 Å². The summed E-state index contributed by atoms with van der Waals surface area (Å²) in [4.78, 5) is 0. The zero-order valence-corrected chi connectivity index (χ0v) is 5.66. The number of methoxy groups -OCH3 is 1. The molecule has 1 rings (SSSR count). The smallest absolute Gasteiger partial charge is 0.121 e. The zero-order valence-electron chi connectivity index (χ0n) is 5.66. The summed E-state index contributed by atoms with van der Waals surface area (Å²) in [5.74, 6) is 0.730. The highest BCUT2D eigenvalue weighted by atomic mass is 16.5. The van der Waals surface area contributed by atoms with Gasteiger partial charge in [0.25, 0.3) is 0 Å². The average molecular weight is 136 g/mol. The van der Waals surface area contributed by atoms with Gasteiger partial charge >= 0.3 is 0 Å². The van der Waals surface area contributed by atoms with E-state index in [4.69, 9.17) is 10.3 Å². The fraction of sp³-hybridized carbons (Fsp3) is 0.143. The van der Waals surface area contributed by atoms with Gasteiger partial charge in [-0.3, -0.25) is 0 Å². The summed E-state index contributed by atoms with van der Waals surface area (Å²) in [5, 5.41) is 3.25. The molecule has 1 N–H and O–H groups in total. The first-order valence-corrected chi connectivity index (χ1v) is 2.88. The van der Waals surface area contributed by atoms with Gasteiger partial charge in [0, 0.05) is 6.07 Å². The Hall–Kier alpha value is -1.38. The van der Waals surface area contributed by atoms with Crippen LogP contribution in [0.5, 0.6) is 5.75 Å². The van der Waals surface area contributed by atoms with Crippen LogP contribution in [0.1, 0.15) is 0 Å². The first kappa shape index (κ1) is 6.74. The van der Waals surface area contributed by atoms with E-state index in [1.165, 1.54) is 0 Å². The molecular weight excluding hydrogens is 128 g/mol. The topological polar surface area (TPSA) is 45.4 Å². The summed E-state index contributed by atoms with van der Waals surface area (Å²) in [6.07, 6.45) is 0. The third kappa shape index (κ3) is 1.31. The third-order valence-electron chi connectivity index (χ3n) is 1.18. The van der Waals surface area contributed by atoms with Gasteiger partial charge in [0.1, 0.15) is 5.75 Å². The summed E-state index contributed by atoms with van der Waals surface area (Å²) in [5.41, 5.74) is 7.30. The van der Waals surface area contributed by atoms with E-state index in [0.717, 1.165) is 5.75 Å². The molecule has 3 nitrogen and oxygen atoms in total. The SMILES string of the molecule is COc1cccc(N=N)c1. The van der Waals surface area contributed by atoms with Gasteiger partial charge < -0.3 is 4.74 Å². The van der Waals surface area contributed by atoms with Crippen LogP contribution < -0.4 is 4.74 Å². The lowest BCUT2D eigenvalue weighted by Gasteiger charge is -1.97. The summed E-state index contributed by atoms with van der Waals surface area (Å²) in [7, 11) is 1.59. The second-order valence-corrected chi connectivity index (χ2v) is 1.81. The van der Waals surface area contributed by atoms with Crippen LogP contribution in [0.2, 0.25) is 0 Å². The summed E-state index contributed by atoms with van der Waals surface area (Å²) in [6, 6.07) is 7.06. The standard InChI is InChI=1S/C7H8N2O/c1-10-7-4-2-3-6(5-7)9-8/h2-5,8H,1H3. The maximum absolute atomic E-state index is 6.68. The van der Waals surface area contributed by atoms with Crippen LogP contribution in [0.15, 0.2) is 29.4 Å². The Balaban J connectivity index is 2.98. The quantitative estimate of drug-likeness (QED) is 0.623. The molecule has 0 heterocycles. The molecule has 3 heteroatoms.